The molecule has 6 heteroatoms. The molecule has 1 atom stereocenters. The molecule has 0 aliphatic heterocycles. The largest absolute Gasteiger partial charge is 0.462 e. The highest BCUT2D eigenvalue weighted by atomic mass is 16.6. The van der Waals surface area contributed by atoms with E-state index >= 15 is 0 Å². The van der Waals surface area contributed by atoms with Gasteiger partial charge in [-0.1, -0.05) is 299 Å². The number of unbranched alkanes of at least 4 members (excludes halogenated alkanes) is 37. The van der Waals surface area contributed by atoms with Crippen LogP contribution in [0.2, 0.25) is 0 Å². The molecule has 0 aromatic rings. The Balaban J connectivity index is 4.40. The van der Waals surface area contributed by atoms with E-state index < -0.39 is 6.10 Å². The predicted octanol–water partition coefficient (Wildman–Crippen LogP) is 22.5. The molecule has 6 nitrogen and oxygen atoms in total. The number of carbonyl (C=O) groups is 3. The van der Waals surface area contributed by atoms with E-state index in [9.17, 15) is 14.4 Å². The van der Waals surface area contributed by atoms with Gasteiger partial charge < -0.3 is 14.2 Å². The quantitative estimate of drug-likeness (QED) is 0.0261. The number of rotatable bonds is 60. The Hall–Kier alpha value is -3.15. The van der Waals surface area contributed by atoms with Crippen molar-refractivity contribution in [1.29, 1.82) is 0 Å². The summed E-state index contributed by atoms with van der Waals surface area (Å²) >= 11 is 0. The summed E-state index contributed by atoms with van der Waals surface area (Å²) in [5.74, 6) is -0.885. The van der Waals surface area contributed by atoms with Crippen LogP contribution in [0.3, 0.4) is 0 Å². The Bertz CT molecular complexity index is 1400. The maximum Gasteiger partial charge on any atom is 0.306 e. The maximum absolute atomic E-state index is 12.9. The Morgan fingerprint density at radius 1 is 0.276 bits per heavy atom. The van der Waals surface area contributed by atoms with Gasteiger partial charge in [-0.3, -0.25) is 14.4 Å². The van der Waals surface area contributed by atoms with E-state index in [4.69, 9.17) is 14.2 Å². The lowest BCUT2D eigenvalue weighted by molar-refractivity contribution is -0.167. The van der Waals surface area contributed by atoms with Gasteiger partial charge in [-0.25, -0.2) is 0 Å². The van der Waals surface area contributed by atoms with E-state index in [1.165, 1.54) is 186 Å². The molecule has 0 saturated heterocycles. The van der Waals surface area contributed by atoms with Crippen LogP contribution in [0.25, 0.3) is 0 Å². The Labute approximate surface area is 472 Å². The number of allylic oxidation sites excluding steroid dienone is 12. The molecule has 0 aliphatic carbocycles. The number of hydrogen-bond donors (Lipinski definition) is 0. The topological polar surface area (TPSA) is 78.9 Å². The first kappa shape index (κ1) is 72.8. The first-order valence-corrected chi connectivity index (χ1v) is 32.9. The van der Waals surface area contributed by atoms with Crippen LogP contribution >= 0.6 is 0 Å². The number of hydrogen-bond acceptors (Lipinski definition) is 6. The molecule has 76 heavy (non-hydrogen) atoms. The molecule has 0 saturated carbocycles. The molecule has 0 fully saturated rings. The van der Waals surface area contributed by atoms with Gasteiger partial charge in [0.2, 0.25) is 0 Å². The fourth-order valence-corrected chi connectivity index (χ4v) is 9.53. The standard InChI is InChI=1S/C70H124O6/c1-4-7-10-13-16-19-22-25-28-31-34-35-37-39-42-45-48-51-54-57-60-63-69(72)75-66-67(65-74-68(71)62-59-56-53-50-47-44-41-38-33-30-27-24-21-18-15-12-9-6-3)76-70(73)64-61-58-55-52-49-46-43-40-36-32-29-26-23-20-17-14-11-8-5-2/h7,10,16,19,25,28,30,33-35,39,42,67H,4-6,8-9,11-15,17-18,20-24,26-27,29,31-32,36-38,40-41,43-66H2,1-3H3/b10-7-,19-16-,28-25-,33-30-,35-34-,42-39-. The van der Waals surface area contributed by atoms with E-state index in [0.29, 0.717) is 19.3 Å². The summed E-state index contributed by atoms with van der Waals surface area (Å²) in [7, 11) is 0. The zero-order chi connectivity index (χ0) is 55.0. The van der Waals surface area contributed by atoms with Crippen LogP contribution in [-0.2, 0) is 28.6 Å². The molecule has 440 valence electrons. The highest BCUT2D eigenvalue weighted by Gasteiger charge is 2.19. The highest BCUT2D eigenvalue weighted by Crippen LogP contribution is 2.17. The third-order valence-corrected chi connectivity index (χ3v) is 14.4. The minimum Gasteiger partial charge on any atom is -0.462 e. The molecule has 0 bridgehead atoms. The highest BCUT2D eigenvalue weighted by molar-refractivity contribution is 5.71. The molecule has 0 aliphatic rings. The average Bonchev–Trinajstić information content (AvgIpc) is 3.42. The number of esters is 3. The van der Waals surface area contributed by atoms with Crippen LogP contribution in [0, 0.1) is 0 Å². The minimum atomic E-state index is -0.785. The fourth-order valence-electron chi connectivity index (χ4n) is 9.53. The Morgan fingerprint density at radius 2 is 0.513 bits per heavy atom. The molecule has 0 aromatic heterocycles. The molecule has 0 radical (unpaired) electrons. The SMILES string of the molecule is CC/C=C\C/C=C\C/C=C\C/C=C\C/C=C\CCCCCCCC(=O)OCC(COC(=O)CCCCCCCCC/C=C\CCCCCCCCC)OC(=O)CCCCCCCCCCCCCCCCCCCCC. The van der Waals surface area contributed by atoms with Crippen LogP contribution < -0.4 is 0 Å². The second-order valence-electron chi connectivity index (χ2n) is 22.0. The average molecular weight is 1060 g/mol. The van der Waals surface area contributed by atoms with Crippen LogP contribution in [0.5, 0.6) is 0 Å². The molecule has 0 heterocycles. The molecule has 0 N–H and O–H groups in total. The predicted molar refractivity (Wildman–Crippen MR) is 330 cm³/mol. The van der Waals surface area contributed by atoms with Gasteiger partial charge in [-0.15, -0.1) is 0 Å². The van der Waals surface area contributed by atoms with Crippen LogP contribution in [0.4, 0.5) is 0 Å². The molecule has 0 aromatic carbocycles. The van der Waals surface area contributed by atoms with E-state index in [0.717, 1.165) is 109 Å². The molecule has 0 spiro atoms. The van der Waals surface area contributed by atoms with Crippen molar-refractivity contribution in [2.24, 2.45) is 0 Å². The lowest BCUT2D eigenvalue weighted by Crippen LogP contribution is -2.30. The number of ether oxygens (including phenoxy) is 3. The summed E-state index contributed by atoms with van der Waals surface area (Å²) in [5.41, 5.74) is 0. The van der Waals surface area contributed by atoms with Gasteiger partial charge in [0.05, 0.1) is 0 Å². The lowest BCUT2D eigenvalue weighted by Gasteiger charge is -2.18. The molecule has 1 unspecified atom stereocenters. The van der Waals surface area contributed by atoms with E-state index in [1.807, 2.05) is 0 Å². The lowest BCUT2D eigenvalue weighted by atomic mass is 10.0. The van der Waals surface area contributed by atoms with Crippen molar-refractivity contribution in [3.05, 3.63) is 72.9 Å². The van der Waals surface area contributed by atoms with Crippen molar-refractivity contribution >= 4 is 17.9 Å². The monoisotopic (exact) mass is 1060 g/mol. The second-order valence-corrected chi connectivity index (χ2v) is 22.0. The molecular formula is C70H124O6. The Morgan fingerprint density at radius 3 is 0.816 bits per heavy atom. The van der Waals surface area contributed by atoms with Crippen molar-refractivity contribution in [2.45, 2.75) is 341 Å². The molecule has 0 amide bonds. The van der Waals surface area contributed by atoms with Gasteiger partial charge in [0, 0.05) is 19.3 Å². The summed E-state index contributed by atoms with van der Waals surface area (Å²) in [6.45, 7) is 6.56. The summed E-state index contributed by atoms with van der Waals surface area (Å²) in [4.78, 5) is 38.4. The third kappa shape index (κ3) is 61.7. The fraction of sp³-hybridized carbons (Fsp3) is 0.786. The third-order valence-electron chi connectivity index (χ3n) is 14.4. The van der Waals surface area contributed by atoms with Crippen LogP contribution in [0.15, 0.2) is 72.9 Å². The van der Waals surface area contributed by atoms with E-state index in [2.05, 4.69) is 93.7 Å². The summed E-state index contributed by atoms with van der Waals surface area (Å²) < 4.78 is 17.0. The smallest absolute Gasteiger partial charge is 0.306 e. The zero-order valence-corrected chi connectivity index (χ0v) is 50.5. The van der Waals surface area contributed by atoms with Gasteiger partial charge in [-0.05, 0) is 89.9 Å². The maximum atomic E-state index is 12.9. The molecular weight excluding hydrogens is 937 g/mol. The van der Waals surface area contributed by atoms with Gasteiger partial charge >= 0.3 is 17.9 Å². The summed E-state index contributed by atoms with van der Waals surface area (Å²) in [6, 6.07) is 0. The van der Waals surface area contributed by atoms with Crippen molar-refractivity contribution < 1.29 is 28.6 Å². The first-order valence-electron chi connectivity index (χ1n) is 32.9. The van der Waals surface area contributed by atoms with E-state index in [1.54, 1.807) is 0 Å². The van der Waals surface area contributed by atoms with Crippen molar-refractivity contribution in [3.8, 4) is 0 Å². The van der Waals surface area contributed by atoms with Crippen LogP contribution in [0.1, 0.15) is 335 Å². The van der Waals surface area contributed by atoms with Crippen molar-refractivity contribution in [3.63, 3.8) is 0 Å². The number of carbonyl (C=O) groups excluding carboxylic acids is 3. The van der Waals surface area contributed by atoms with Gasteiger partial charge in [-0.2, -0.15) is 0 Å². The van der Waals surface area contributed by atoms with Crippen molar-refractivity contribution in [2.75, 3.05) is 13.2 Å². The van der Waals surface area contributed by atoms with Crippen molar-refractivity contribution in [1.82, 2.24) is 0 Å². The van der Waals surface area contributed by atoms with Crippen LogP contribution in [-0.4, -0.2) is 37.2 Å². The second kappa shape index (κ2) is 64.4. The van der Waals surface area contributed by atoms with Gasteiger partial charge in [0.25, 0.3) is 0 Å². The zero-order valence-electron chi connectivity index (χ0n) is 50.5. The first-order chi connectivity index (χ1) is 37.5. The normalized spacial score (nSPS) is 12.5. The summed E-state index contributed by atoms with van der Waals surface area (Å²) in [5, 5.41) is 0. The molecule has 0 rings (SSSR count). The van der Waals surface area contributed by atoms with Gasteiger partial charge in [0.1, 0.15) is 13.2 Å². The van der Waals surface area contributed by atoms with E-state index in [-0.39, 0.29) is 31.1 Å². The summed E-state index contributed by atoms with van der Waals surface area (Å²) in [6.07, 6.45) is 83.3. The Kier molecular flexibility index (Phi) is 61.7. The minimum absolute atomic E-state index is 0.0809. The van der Waals surface area contributed by atoms with Gasteiger partial charge in [0.15, 0.2) is 6.10 Å².